The average molecular weight is 523 g/mol. The predicted octanol–water partition coefficient (Wildman–Crippen LogP) is 7.11. The molecular formula is C32H38N6O. The smallest absolute Gasteiger partial charge is 0.181 e. The fourth-order valence-corrected chi connectivity index (χ4v) is 5.74. The third kappa shape index (κ3) is 5.15. The summed E-state index contributed by atoms with van der Waals surface area (Å²) in [5.41, 5.74) is 3.86. The second-order valence-corrected chi connectivity index (χ2v) is 12.0. The van der Waals surface area contributed by atoms with E-state index in [1.165, 1.54) is 19.3 Å². The number of aromatic nitrogens is 5. The largest absolute Gasteiger partial charge is 0.492 e. The second kappa shape index (κ2) is 10.1. The molecule has 7 nitrogen and oxygen atoms in total. The van der Waals surface area contributed by atoms with Crippen molar-refractivity contribution in [3.05, 3.63) is 60.4 Å². The first kappa shape index (κ1) is 25.6. The van der Waals surface area contributed by atoms with E-state index in [-0.39, 0.29) is 5.41 Å². The zero-order chi connectivity index (χ0) is 27.1. The van der Waals surface area contributed by atoms with E-state index in [0.717, 1.165) is 56.6 Å². The van der Waals surface area contributed by atoms with Gasteiger partial charge in [0.15, 0.2) is 5.82 Å². The van der Waals surface area contributed by atoms with E-state index in [9.17, 15) is 0 Å². The number of fused-ring (bicyclic) bond motifs is 2. The van der Waals surface area contributed by atoms with E-state index >= 15 is 0 Å². The van der Waals surface area contributed by atoms with Crippen molar-refractivity contribution in [2.45, 2.75) is 71.4 Å². The maximum Gasteiger partial charge on any atom is 0.181 e. The van der Waals surface area contributed by atoms with Gasteiger partial charge in [-0.25, -0.2) is 4.98 Å². The zero-order valence-electron chi connectivity index (χ0n) is 23.6. The van der Waals surface area contributed by atoms with Crippen molar-refractivity contribution in [3.63, 3.8) is 0 Å². The Bertz CT molecular complexity index is 1600. The van der Waals surface area contributed by atoms with Crippen LogP contribution in [0.2, 0.25) is 0 Å². The van der Waals surface area contributed by atoms with Crippen LogP contribution in [0.5, 0.6) is 5.75 Å². The van der Waals surface area contributed by atoms with Crippen LogP contribution in [0, 0.1) is 0 Å². The first-order valence-corrected chi connectivity index (χ1v) is 14.1. The molecular weight excluding hydrogens is 484 g/mol. The van der Waals surface area contributed by atoms with Crippen LogP contribution in [0.15, 0.2) is 54.6 Å². The Morgan fingerprint density at radius 1 is 0.872 bits per heavy atom. The first-order valence-electron chi connectivity index (χ1n) is 14.1. The Kier molecular flexibility index (Phi) is 6.63. The minimum absolute atomic E-state index is 0.0867. The molecule has 0 spiro atoms. The molecule has 0 amide bonds. The Labute approximate surface area is 230 Å². The third-order valence-electron chi connectivity index (χ3n) is 8.10. The number of hydrogen-bond acceptors (Lipinski definition) is 5. The van der Waals surface area contributed by atoms with Crippen LogP contribution >= 0.6 is 0 Å². The van der Waals surface area contributed by atoms with Crippen LogP contribution < -0.4 is 4.74 Å². The molecule has 0 unspecified atom stereocenters. The number of aromatic amines is 2. The molecule has 7 heteroatoms. The first-order chi connectivity index (χ1) is 18.8. The molecule has 2 aromatic heterocycles. The molecule has 0 bridgehead atoms. The van der Waals surface area contributed by atoms with Crippen LogP contribution in [-0.4, -0.2) is 55.5 Å². The van der Waals surface area contributed by atoms with Crippen molar-refractivity contribution in [2.24, 2.45) is 0 Å². The van der Waals surface area contributed by atoms with Gasteiger partial charge in [0.2, 0.25) is 0 Å². The number of benzene rings is 3. The summed E-state index contributed by atoms with van der Waals surface area (Å²) in [7, 11) is 0. The normalized spacial score (nSPS) is 18.7. The SMILES string of the molecule is C[C@@H]1CCC[C@H](C)N1CCOc1ccc2cc(-c3n[nH]c4ccc(-c5n[nH]c(C(C)(C)C)n5)cc34)ccc2c1. The maximum atomic E-state index is 6.18. The van der Waals surface area contributed by atoms with Gasteiger partial charge in [-0.1, -0.05) is 45.4 Å². The number of H-pyrrole nitrogens is 2. The Morgan fingerprint density at radius 2 is 1.62 bits per heavy atom. The van der Waals surface area contributed by atoms with Crippen molar-refractivity contribution in [3.8, 4) is 28.4 Å². The van der Waals surface area contributed by atoms with Crippen molar-refractivity contribution < 1.29 is 4.74 Å². The molecule has 2 atom stereocenters. The summed E-state index contributed by atoms with van der Waals surface area (Å²) in [6.45, 7) is 12.7. The highest BCUT2D eigenvalue weighted by molar-refractivity contribution is 5.97. The van der Waals surface area contributed by atoms with Crippen molar-refractivity contribution in [1.82, 2.24) is 30.3 Å². The monoisotopic (exact) mass is 522 g/mol. The van der Waals surface area contributed by atoms with Crippen molar-refractivity contribution in [1.29, 1.82) is 0 Å². The summed E-state index contributed by atoms with van der Waals surface area (Å²) in [6, 6.07) is 20.3. The van der Waals surface area contributed by atoms with Crippen molar-refractivity contribution in [2.75, 3.05) is 13.2 Å². The molecule has 6 rings (SSSR count). The molecule has 1 aliphatic heterocycles. The minimum Gasteiger partial charge on any atom is -0.492 e. The van der Waals surface area contributed by atoms with Gasteiger partial charge in [0.1, 0.15) is 18.2 Å². The van der Waals surface area contributed by atoms with Crippen LogP contribution in [0.4, 0.5) is 0 Å². The van der Waals surface area contributed by atoms with Gasteiger partial charge in [0, 0.05) is 40.6 Å². The summed E-state index contributed by atoms with van der Waals surface area (Å²) < 4.78 is 6.18. The number of rotatable bonds is 6. The van der Waals surface area contributed by atoms with Gasteiger partial charge in [-0.05, 0) is 73.9 Å². The molecule has 0 radical (unpaired) electrons. The fourth-order valence-electron chi connectivity index (χ4n) is 5.74. The number of piperidine rings is 1. The molecule has 1 fully saturated rings. The Balaban J connectivity index is 1.22. The lowest BCUT2D eigenvalue weighted by molar-refractivity contribution is 0.0852. The summed E-state index contributed by atoms with van der Waals surface area (Å²) >= 11 is 0. The van der Waals surface area contributed by atoms with Crippen LogP contribution in [-0.2, 0) is 5.41 Å². The number of nitrogens with zero attached hydrogens (tertiary/aromatic N) is 4. The molecule has 39 heavy (non-hydrogen) atoms. The van der Waals surface area contributed by atoms with Gasteiger partial charge in [-0.2, -0.15) is 10.2 Å². The van der Waals surface area contributed by atoms with E-state index in [4.69, 9.17) is 9.72 Å². The van der Waals surface area contributed by atoms with Gasteiger partial charge < -0.3 is 4.74 Å². The van der Waals surface area contributed by atoms with Crippen molar-refractivity contribution >= 4 is 21.7 Å². The lowest BCUT2D eigenvalue weighted by Crippen LogP contribution is -2.45. The van der Waals surface area contributed by atoms with E-state index < -0.39 is 0 Å². The third-order valence-corrected chi connectivity index (χ3v) is 8.10. The highest BCUT2D eigenvalue weighted by atomic mass is 16.5. The highest BCUT2D eigenvalue weighted by Crippen LogP contribution is 2.33. The molecule has 5 aromatic rings. The van der Waals surface area contributed by atoms with E-state index in [0.29, 0.717) is 24.5 Å². The quantitative estimate of drug-likeness (QED) is 0.248. The molecule has 0 saturated carbocycles. The standard InChI is InChI=1S/C32H38N6O/c1-20-7-6-8-21(2)38(20)15-16-39-26-13-11-22-17-24(10-9-23(22)18-26)29-27-19-25(12-14-28(27)34-35-29)30-33-31(37-36-30)32(3,4)5/h9-14,17-21H,6-8,15-16H2,1-5H3,(H,34,35)(H,33,36,37)/t20-,21+. The van der Waals surface area contributed by atoms with Gasteiger partial charge in [-0.3, -0.25) is 15.1 Å². The lowest BCUT2D eigenvalue weighted by Gasteiger charge is -2.38. The maximum absolute atomic E-state index is 6.18. The average Bonchev–Trinajstić information content (AvgIpc) is 3.58. The van der Waals surface area contributed by atoms with Gasteiger partial charge >= 0.3 is 0 Å². The van der Waals surface area contributed by atoms with E-state index in [1.807, 2.05) is 12.1 Å². The number of ether oxygens (including phenoxy) is 1. The fraction of sp³-hybridized carbons (Fsp3) is 0.406. The molecule has 3 heterocycles. The second-order valence-electron chi connectivity index (χ2n) is 12.0. The van der Waals surface area contributed by atoms with E-state index in [2.05, 4.69) is 102 Å². The molecule has 0 aliphatic carbocycles. The number of hydrogen-bond donors (Lipinski definition) is 2. The molecule has 202 valence electrons. The molecule has 2 N–H and O–H groups in total. The molecule has 1 aliphatic rings. The minimum atomic E-state index is -0.0867. The van der Waals surface area contributed by atoms with Gasteiger partial charge in [0.05, 0.1) is 11.2 Å². The predicted molar refractivity (Wildman–Crippen MR) is 158 cm³/mol. The summed E-state index contributed by atoms with van der Waals surface area (Å²) in [6.07, 6.45) is 3.90. The molecule has 3 aromatic carbocycles. The number of likely N-dealkylation sites (tertiary alicyclic amines) is 1. The van der Waals surface area contributed by atoms with Gasteiger partial charge in [-0.15, -0.1) is 0 Å². The zero-order valence-corrected chi connectivity index (χ0v) is 23.6. The molecule has 1 saturated heterocycles. The number of nitrogens with one attached hydrogen (secondary N) is 2. The highest BCUT2D eigenvalue weighted by Gasteiger charge is 2.24. The lowest BCUT2D eigenvalue weighted by atomic mass is 9.96. The summed E-state index contributed by atoms with van der Waals surface area (Å²) in [5.74, 6) is 2.49. The Hall–Kier alpha value is -3.71. The summed E-state index contributed by atoms with van der Waals surface area (Å²) in [4.78, 5) is 7.32. The van der Waals surface area contributed by atoms with E-state index in [1.54, 1.807) is 0 Å². The van der Waals surface area contributed by atoms with Crippen LogP contribution in [0.1, 0.15) is 59.7 Å². The summed E-state index contributed by atoms with van der Waals surface area (Å²) in [5, 5.41) is 18.8. The Morgan fingerprint density at radius 3 is 2.38 bits per heavy atom. The van der Waals surface area contributed by atoms with Crippen LogP contribution in [0.25, 0.3) is 44.3 Å². The van der Waals surface area contributed by atoms with Gasteiger partial charge in [0.25, 0.3) is 0 Å². The topological polar surface area (TPSA) is 82.7 Å². The van der Waals surface area contributed by atoms with Crippen LogP contribution in [0.3, 0.4) is 0 Å².